The molecule has 1 aromatic heterocycles. The van der Waals surface area contributed by atoms with E-state index in [1.165, 1.54) is 5.01 Å². The second kappa shape index (κ2) is 9.22. The molecule has 0 spiro atoms. The van der Waals surface area contributed by atoms with Crippen LogP contribution < -0.4 is 19.8 Å². The van der Waals surface area contributed by atoms with Gasteiger partial charge in [0, 0.05) is 42.4 Å². The van der Waals surface area contributed by atoms with Gasteiger partial charge in [-0.15, -0.1) is 0 Å². The van der Waals surface area contributed by atoms with Gasteiger partial charge in [-0.25, -0.2) is 5.01 Å². The zero-order valence-corrected chi connectivity index (χ0v) is 19.4. The van der Waals surface area contributed by atoms with Gasteiger partial charge in [0.25, 0.3) is 5.91 Å². The summed E-state index contributed by atoms with van der Waals surface area (Å²) in [5, 5.41) is 9.86. The fourth-order valence-corrected chi connectivity index (χ4v) is 4.70. The number of hydrogen-bond acceptors (Lipinski definition) is 5. The molecule has 2 N–H and O–H groups in total. The first-order chi connectivity index (χ1) is 17.7. The Hall–Kier alpha value is -4.59. The van der Waals surface area contributed by atoms with Crippen LogP contribution in [-0.4, -0.2) is 35.8 Å². The number of carbonyl (C=O) groups excluding carboxylic acids is 2. The van der Waals surface area contributed by atoms with E-state index in [0.717, 1.165) is 22.0 Å². The lowest BCUT2D eigenvalue weighted by atomic mass is 9.90. The summed E-state index contributed by atoms with van der Waals surface area (Å²) >= 11 is 0. The van der Waals surface area contributed by atoms with Crippen LogP contribution in [0.25, 0.3) is 10.9 Å². The highest BCUT2D eigenvalue weighted by atomic mass is 16.7. The Morgan fingerprint density at radius 2 is 1.81 bits per heavy atom. The van der Waals surface area contributed by atoms with Crippen molar-refractivity contribution in [3.05, 3.63) is 90.1 Å². The number of benzene rings is 3. The minimum Gasteiger partial charge on any atom is -0.454 e. The Bertz CT molecular complexity index is 1480. The van der Waals surface area contributed by atoms with Crippen molar-refractivity contribution in [2.45, 2.75) is 18.8 Å². The molecule has 2 amide bonds. The number of aromatic amines is 1. The standard InChI is InChI=1S/C28H24N4O4/c33-27-13-11-24(31-32(27)19-6-2-1-3-7-19)28(34)30-15-21(18-10-12-25-26(14-18)36-17-35-25)22-16-29-23-9-5-4-8-20(22)23/h1-10,12,14,16,21,29H,11,13,15,17H2,(H,30,34). The van der Waals surface area contributed by atoms with Gasteiger partial charge < -0.3 is 19.8 Å². The maximum absolute atomic E-state index is 13.2. The molecule has 8 heteroatoms. The van der Waals surface area contributed by atoms with Gasteiger partial charge in [0.1, 0.15) is 5.71 Å². The average molecular weight is 481 g/mol. The third-order valence-electron chi connectivity index (χ3n) is 6.56. The molecule has 3 aromatic carbocycles. The summed E-state index contributed by atoms with van der Waals surface area (Å²) in [4.78, 5) is 29.0. The Morgan fingerprint density at radius 1 is 1.00 bits per heavy atom. The first-order valence-corrected chi connectivity index (χ1v) is 11.9. The SMILES string of the molecule is O=C(NCC(c1ccc2c(c1)OCO2)c1c[nH]c2ccccc12)C1=NN(c2ccccc2)C(=O)CC1. The predicted octanol–water partition coefficient (Wildman–Crippen LogP) is 4.33. The van der Waals surface area contributed by atoms with Crippen LogP contribution >= 0.6 is 0 Å². The van der Waals surface area contributed by atoms with Crippen molar-refractivity contribution in [1.82, 2.24) is 10.3 Å². The molecule has 0 aliphatic carbocycles. The van der Waals surface area contributed by atoms with Crippen LogP contribution in [0.2, 0.25) is 0 Å². The zero-order valence-electron chi connectivity index (χ0n) is 19.4. The fraction of sp³-hybridized carbons (Fsp3) is 0.179. The molecule has 2 aliphatic rings. The van der Waals surface area contributed by atoms with Crippen LogP contribution in [0, 0.1) is 0 Å². The summed E-state index contributed by atoms with van der Waals surface area (Å²) in [6, 6.07) is 23.1. The zero-order chi connectivity index (χ0) is 24.5. The summed E-state index contributed by atoms with van der Waals surface area (Å²) in [5.41, 5.74) is 4.07. The number of rotatable bonds is 6. The number of hydrazone groups is 1. The van der Waals surface area contributed by atoms with Gasteiger partial charge in [-0.3, -0.25) is 9.59 Å². The lowest BCUT2D eigenvalue weighted by Gasteiger charge is -2.24. The molecule has 36 heavy (non-hydrogen) atoms. The van der Waals surface area contributed by atoms with E-state index in [4.69, 9.17) is 9.47 Å². The number of fused-ring (bicyclic) bond motifs is 2. The van der Waals surface area contributed by atoms with Gasteiger partial charge in [0.15, 0.2) is 11.5 Å². The number of para-hydroxylation sites is 2. The minimum absolute atomic E-state index is 0.130. The topological polar surface area (TPSA) is 96.0 Å². The first-order valence-electron chi connectivity index (χ1n) is 11.9. The smallest absolute Gasteiger partial charge is 0.267 e. The van der Waals surface area contributed by atoms with E-state index < -0.39 is 0 Å². The van der Waals surface area contributed by atoms with Crippen molar-refractivity contribution in [2.75, 3.05) is 18.3 Å². The van der Waals surface area contributed by atoms with Crippen molar-refractivity contribution in [1.29, 1.82) is 0 Å². The summed E-state index contributed by atoms with van der Waals surface area (Å²) in [6.45, 7) is 0.544. The Morgan fingerprint density at radius 3 is 2.69 bits per heavy atom. The van der Waals surface area contributed by atoms with E-state index in [1.54, 1.807) is 12.1 Å². The maximum atomic E-state index is 13.2. The van der Waals surface area contributed by atoms with Crippen molar-refractivity contribution in [2.24, 2.45) is 5.10 Å². The third kappa shape index (κ3) is 4.07. The molecular weight excluding hydrogens is 456 g/mol. The normalized spacial score (nSPS) is 15.6. The van der Waals surface area contributed by atoms with Crippen LogP contribution in [0.1, 0.15) is 29.9 Å². The highest BCUT2D eigenvalue weighted by molar-refractivity contribution is 6.40. The van der Waals surface area contributed by atoms with Crippen LogP contribution in [0.5, 0.6) is 11.5 Å². The predicted molar refractivity (Wildman–Crippen MR) is 136 cm³/mol. The van der Waals surface area contributed by atoms with E-state index in [-0.39, 0.29) is 30.9 Å². The summed E-state index contributed by atoms with van der Waals surface area (Å²) in [6.07, 6.45) is 2.52. The van der Waals surface area contributed by atoms with Gasteiger partial charge in [0.05, 0.1) is 5.69 Å². The maximum Gasteiger partial charge on any atom is 0.267 e. The summed E-state index contributed by atoms with van der Waals surface area (Å²) < 4.78 is 11.1. The second-order valence-electron chi connectivity index (χ2n) is 8.75. The molecule has 180 valence electrons. The number of ether oxygens (including phenoxy) is 2. The number of nitrogens with one attached hydrogen (secondary N) is 2. The lowest BCUT2D eigenvalue weighted by molar-refractivity contribution is -0.118. The quantitative estimate of drug-likeness (QED) is 0.429. The number of anilines is 1. The van der Waals surface area contributed by atoms with Gasteiger partial charge in [-0.1, -0.05) is 42.5 Å². The van der Waals surface area contributed by atoms with E-state index in [0.29, 0.717) is 35.9 Å². The van der Waals surface area contributed by atoms with Gasteiger partial charge in [0.2, 0.25) is 12.7 Å². The highest BCUT2D eigenvalue weighted by Gasteiger charge is 2.27. The first kappa shape index (κ1) is 21.9. The number of carbonyl (C=O) groups is 2. The van der Waals surface area contributed by atoms with Crippen LogP contribution in [0.15, 0.2) is 84.1 Å². The van der Waals surface area contributed by atoms with E-state index in [2.05, 4.69) is 21.5 Å². The molecule has 2 aliphatic heterocycles. The molecular formula is C28H24N4O4. The molecule has 1 unspecified atom stereocenters. The van der Waals surface area contributed by atoms with Crippen LogP contribution in [-0.2, 0) is 9.59 Å². The molecule has 0 saturated carbocycles. The summed E-state index contributed by atoms with van der Waals surface area (Å²) in [7, 11) is 0. The number of amides is 2. The van der Waals surface area contributed by atoms with E-state index >= 15 is 0 Å². The fourth-order valence-electron chi connectivity index (χ4n) is 4.70. The Balaban J connectivity index is 1.28. The van der Waals surface area contributed by atoms with Crippen LogP contribution in [0.3, 0.4) is 0 Å². The van der Waals surface area contributed by atoms with Crippen molar-refractivity contribution in [3.8, 4) is 11.5 Å². The lowest BCUT2D eigenvalue weighted by Crippen LogP contribution is -2.40. The number of nitrogens with zero attached hydrogens (tertiary/aromatic N) is 2. The molecule has 1 atom stereocenters. The monoisotopic (exact) mass is 480 g/mol. The van der Waals surface area contributed by atoms with Crippen molar-refractivity contribution < 1.29 is 19.1 Å². The third-order valence-corrected chi connectivity index (χ3v) is 6.56. The molecule has 0 fully saturated rings. The van der Waals surface area contributed by atoms with Gasteiger partial charge in [-0.2, -0.15) is 5.10 Å². The average Bonchev–Trinajstić information content (AvgIpc) is 3.57. The molecule has 0 radical (unpaired) electrons. The molecule has 0 bridgehead atoms. The van der Waals surface area contributed by atoms with Crippen molar-refractivity contribution in [3.63, 3.8) is 0 Å². The minimum atomic E-state index is -0.283. The van der Waals surface area contributed by atoms with Crippen LogP contribution in [0.4, 0.5) is 5.69 Å². The van der Waals surface area contributed by atoms with Gasteiger partial charge >= 0.3 is 0 Å². The van der Waals surface area contributed by atoms with Gasteiger partial charge in [-0.05, 0) is 41.5 Å². The number of hydrogen-bond donors (Lipinski definition) is 2. The largest absolute Gasteiger partial charge is 0.454 e. The molecule has 0 saturated heterocycles. The second-order valence-corrected chi connectivity index (χ2v) is 8.75. The number of H-pyrrole nitrogens is 1. The molecule has 3 heterocycles. The Kier molecular flexibility index (Phi) is 5.61. The van der Waals surface area contributed by atoms with E-state index in [9.17, 15) is 9.59 Å². The molecule has 6 rings (SSSR count). The molecule has 8 nitrogen and oxygen atoms in total. The molecule has 4 aromatic rings. The summed E-state index contributed by atoms with van der Waals surface area (Å²) in [5.74, 6) is 0.847. The number of aromatic nitrogens is 1. The van der Waals surface area contributed by atoms with E-state index in [1.807, 2.05) is 60.8 Å². The van der Waals surface area contributed by atoms with Crippen molar-refractivity contribution >= 4 is 34.1 Å². The highest BCUT2D eigenvalue weighted by Crippen LogP contribution is 2.38. The Labute approximate surface area is 207 Å².